The molecule has 2 N–H and O–H groups in total. The summed E-state index contributed by atoms with van der Waals surface area (Å²) >= 11 is 6.25. The lowest BCUT2D eigenvalue weighted by atomic mass is 10.1. The third kappa shape index (κ3) is 9.78. The average molecular weight is 545 g/mol. The molecule has 8 nitrogen and oxygen atoms in total. The maximum Gasteiger partial charge on any atom is 0.344 e. The Kier molecular flexibility index (Phi) is 12.6. The Hall–Kier alpha value is -2.87. The number of hydrogen-bond acceptors (Lipinski definition) is 4. The SMILES string of the molecule is CCCCCCCCCCCCCCOC(=O)CCC(=O)Nc1ccc(-n2c[n+]3[nH]c(C)c(Cl)c3n2)cc1. The van der Waals surface area contributed by atoms with Crippen molar-refractivity contribution in [2.75, 3.05) is 11.9 Å². The van der Waals surface area contributed by atoms with Crippen molar-refractivity contribution >= 4 is 34.8 Å². The molecule has 2 heterocycles. The number of aryl methyl sites for hydroxylation is 1. The van der Waals surface area contributed by atoms with Gasteiger partial charge in [0.1, 0.15) is 10.7 Å². The summed E-state index contributed by atoms with van der Waals surface area (Å²) in [6, 6.07) is 7.30. The molecular formula is C29H43ClN5O3+. The van der Waals surface area contributed by atoms with Gasteiger partial charge in [0.2, 0.25) is 5.91 Å². The molecule has 1 aromatic carbocycles. The normalized spacial score (nSPS) is 11.2. The predicted octanol–water partition coefficient (Wildman–Crippen LogP) is 6.86. The molecule has 3 rings (SSSR count). The molecule has 208 valence electrons. The number of rotatable bonds is 18. The van der Waals surface area contributed by atoms with Crippen LogP contribution in [-0.4, -0.2) is 33.4 Å². The Labute approximate surface area is 231 Å². The number of fused-ring (bicyclic) bond motifs is 1. The standard InChI is InChI=1S/C29H42ClN5O3/c1-3-4-5-6-7-8-9-10-11-12-13-14-21-38-27(37)20-19-26(36)31-24-15-17-25(18-16-24)34-22-35-29(33-34)28(30)23(2)32-35/h15-18,22H,3-14,19-21H2,1-2H3,(H-,31,32,33,36)/p+1. The smallest absolute Gasteiger partial charge is 0.344 e. The lowest BCUT2D eigenvalue weighted by Crippen LogP contribution is -2.19. The van der Waals surface area contributed by atoms with Crippen LogP contribution in [0.2, 0.25) is 5.02 Å². The molecule has 2 aromatic heterocycles. The van der Waals surface area contributed by atoms with E-state index in [1.807, 2.05) is 19.1 Å². The zero-order valence-corrected chi connectivity index (χ0v) is 23.7. The second-order valence-corrected chi connectivity index (χ2v) is 10.4. The van der Waals surface area contributed by atoms with E-state index in [9.17, 15) is 9.59 Å². The highest BCUT2D eigenvalue weighted by Crippen LogP contribution is 2.18. The molecule has 0 radical (unpaired) electrons. The number of anilines is 1. The Morgan fingerprint density at radius 1 is 0.947 bits per heavy atom. The van der Waals surface area contributed by atoms with E-state index in [0.717, 1.165) is 24.2 Å². The number of carbonyl (C=O) groups excluding carboxylic acids is 2. The number of nitrogens with one attached hydrogen (secondary N) is 2. The molecule has 0 unspecified atom stereocenters. The highest BCUT2D eigenvalue weighted by Gasteiger charge is 2.19. The highest BCUT2D eigenvalue weighted by atomic mass is 35.5. The zero-order valence-electron chi connectivity index (χ0n) is 22.9. The third-order valence-electron chi connectivity index (χ3n) is 6.70. The molecule has 0 fully saturated rings. The summed E-state index contributed by atoms with van der Waals surface area (Å²) in [5.74, 6) is -0.537. The topological polar surface area (TPSA) is 93.1 Å². The van der Waals surface area contributed by atoms with Crippen molar-refractivity contribution in [2.24, 2.45) is 0 Å². The van der Waals surface area contributed by atoms with Gasteiger partial charge in [-0.2, -0.15) is 0 Å². The maximum absolute atomic E-state index is 12.3. The number of hydrogen-bond donors (Lipinski definition) is 2. The zero-order chi connectivity index (χ0) is 27.2. The van der Waals surface area contributed by atoms with Crippen LogP contribution in [0.5, 0.6) is 0 Å². The Morgan fingerprint density at radius 2 is 1.55 bits per heavy atom. The summed E-state index contributed by atoms with van der Waals surface area (Å²) in [5, 5.41) is 11.0. The second-order valence-electron chi connectivity index (χ2n) is 10.0. The van der Waals surface area contributed by atoms with Gasteiger partial charge in [0, 0.05) is 12.1 Å². The molecule has 3 aromatic rings. The van der Waals surface area contributed by atoms with E-state index in [-0.39, 0.29) is 24.7 Å². The average Bonchev–Trinajstić information content (AvgIpc) is 3.44. The van der Waals surface area contributed by atoms with E-state index in [1.54, 1.807) is 27.7 Å². The number of esters is 1. The summed E-state index contributed by atoms with van der Waals surface area (Å²) in [6.07, 6.45) is 17.2. The first-order chi connectivity index (χ1) is 18.5. The molecule has 0 saturated heterocycles. The van der Waals surface area contributed by atoms with E-state index in [0.29, 0.717) is 23.0 Å². The van der Waals surface area contributed by atoms with Crippen LogP contribution in [0, 0.1) is 6.92 Å². The first-order valence-electron chi connectivity index (χ1n) is 14.2. The van der Waals surface area contributed by atoms with Gasteiger partial charge in [-0.15, -0.1) is 4.52 Å². The van der Waals surface area contributed by atoms with Gasteiger partial charge in [0.15, 0.2) is 0 Å². The molecular weight excluding hydrogens is 502 g/mol. The van der Waals surface area contributed by atoms with Crippen LogP contribution in [-0.2, 0) is 14.3 Å². The van der Waals surface area contributed by atoms with Gasteiger partial charge in [-0.3, -0.25) is 9.59 Å². The predicted molar refractivity (Wildman–Crippen MR) is 151 cm³/mol. The van der Waals surface area contributed by atoms with Crippen LogP contribution < -0.4 is 9.83 Å². The number of carbonyl (C=O) groups is 2. The van der Waals surface area contributed by atoms with Crippen LogP contribution in [0.4, 0.5) is 5.69 Å². The van der Waals surface area contributed by atoms with Crippen molar-refractivity contribution in [2.45, 2.75) is 104 Å². The molecule has 0 aliphatic heterocycles. The van der Waals surface area contributed by atoms with E-state index in [2.05, 4.69) is 22.4 Å². The van der Waals surface area contributed by atoms with E-state index in [4.69, 9.17) is 16.3 Å². The van der Waals surface area contributed by atoms with Gasteiger partial charge < -0.3 is 10.1 Å². The molecule has 0 saturated carbocycles. The highest BCUT2D eigenvalue weighted by molar-refractivity contribution is 6.33. The number of benzene rings is 1. The van der Waals surface area contributed by atoms with Crippen molar-refractivity contribution < 1.29 is 18.8 Å². The van der Waals surface area contributed by atoms with Gasteiger partial charge in [0.25, 0.3) is 6.33 Å². The van der Waals surface area contributed by atoms with E-state index >= 15 is 0 Å². The number of ether oxygens (including phenoxy) is 1. The molecule has 38 heavy (non-hydrogen) atoms. The van der Waals surface area contributed by atoms with Crippen molar-refractivity contribution in [3.63, 3.8) is 0 Å². The van der Waals surface area contributed by atoms with Crippen LogP contribution in [0.25, 0.3) is 11.3 Å². The molecule has 0 bridgehead atoms. The van der Waals surface area contributed by atoms with Gasteiger partial charge in [-0.05, 0) is 37.6 Å². The molecule has 0 atom stereocenters. The van der Waals surface area contributed by atoms with E-state index < -0.39 is 0 Å². The minimum atomic E-state index is -0.320. The minimum Gasteiger partial charge on any atom is -0.466 e. The number of halogens is 1. The second kappa shape index (κ2) is 16.2. The quantitative estimate of drug-likeness (QED) is 0.104. The summed E-state index contributed by atoms with van der Waals surface area (Å²) in [5.41, 5.74) is 2.98. The number of aromatic nitrogens is 4. The molecule has 1 amide bonds. The number of amides is 1. The Bertz CT molecular complexity index is 1140. The molecule has 0 spiro atoms. The van der Waals surface area contributed by atoms with Crippen LogP contribution in [0.3, 0.4) is 0 Å². The number of nitrogens with zero attached hydrogens (tertiary/aromatic N) is 3. The molecule has 9 heteroatoms. The first-order valence-corrected chi connectivity index (χ1v) is 14.6. The van der Waals surface area contributed by atoms with Crippen LogP contribution >= 0.6 is 11.6 Å². The largest absolute Gasteiger partial charge is 0.466 e. The van der Waals surface area contributed by atoms with Gasteiger partial charge in [0.05, 0.1) is 23.8 Å². The first kappa shape index (κ1) is 29.7. The monoisotopic (exact) mass is 544 g/mol. The molecule has 0 aliphatic carbocycles. The maximum atomic E-state index is 12.3. The summed E-state index contributed by atoms with van der Waals surface area (Å²) in [6.45, 7) is 4.58. The van der Waals surface area contributed by atoms with Gasteiger partial charge in [-0.25, -0.2) is 5.10 Å². The Morgan fingerprint density at radius 3 is 2.16 bits per heavy atom. The summed E-state index contributed by atoms with van der Waals surface area (Å²) in [7, 11) is 0. The summed E-state index contributed by atoms with van der Waals surface area (Å²) < 4.78 is 8.75. The van der Waals surface area contributed by atoms with Crippen molar-refractivity contribution in [1.82, 2.24) is 14.9 Å². The fourth-order valence-electron chi connectivity index (χ4n) is 4.43. The van der Waals surface area contributed by atoms with Crippen molar-refractivity contribution in [3.05, 3.63) is 41.3 Å². The number of H-pyrrole nitrogens is 1. The molecule has 0 aliphatic rings. The fourth-order valence-corrected chi connectivity index (χ4v) is 4.60. The third-order valence-corrected chi connectivity index (χ3v) is 7.15. The van der Waals surface area contributed by atoms with E-state index in [1.165, 1.54) is 64.2 Å². The van der Waals surface area contributed by atoms with Gasteiger partial charge >= 0.3 is 11.6 Å². The fraction of sp³-hybridized carbons (Fsp3) is 0.586. The van der Waals surface area contributed by atoms with Crippen LogP contribution in [0.1, 0.15) is 103 Å². The summed E-state index contributed by atoms with van der Waals surface area (Å²) in [4.78, 5) is 24.2. The number of unbranched alkanes of at least 4 members (excludes halogenated alkanes) is 11. The van der Waals surface area contributed by atoms with Crippen LogP contribution in [0.15, 0.2) is 30.6 Å². The van der Waals surface area contributed by atoms with Crippen molar-refractivity contribution in [1.29, 1.82) is 0 Å². The Balaban J connectivity index is 1.22. The minimum absolute atomic E-state index is 0.0823. The van der Waals surface area contributed by atoms with Crippen molar-refractivity contribution in [3.8, 4) is 5.69 Å². The lowest BCUT2D eigenvalue weighted by Gasteiger charge is -2.07. The number of aromatic amines is 1. The van der Waals surface area contributed by atoms with Gasteiger partial charge in [-0.1, -0.05) is 93.8 Å². The lowest BCUT2D eigenvalue weighted by molar-refractivity contribution is -0.577.